The van der Waals surface area contributed by atoms with Crippen LogP contribution in [0.5, 0.6) is 0 Å². The van der Waals surface area contributed by atoms with Crippen LogP contribution in [0.1, 0.15) is 26.7 Å². The van der Waals surface area contributed by atoms with Crippen molar-refractivity contribution < 1.29 is 22.4 Å². The van der Waals surface area contributed by atoms with E-state index in [1.165, 1.54) is 0 Å². The zero-order valence-corrected chi connectivity index (χ0v) is 6.58. The van der Waals surface area contributed by atoms with E-state index in [4.69, 9.17) is 5.11 Å². The Balaban J connectivity index is 0. The number of hydrogen-bond donors (Lipinski definition) is 0. The van der Waals surface area contributed by atoms with Crippen molar-refractivity contribution in [2.75, 3.05) is 0 Å². The Labute approximate surface area is 63.5 Å². The van der Waals surface area contributed by atoms with E-state index >= 15 is 0 Å². The molecule has 6 heteroatoms. The summed E-state index contributed by atoms with van der Waals surface area (Å²) in [6, 6.07) is 0. The fourth-order valence-electron chi connectivity index (χ4n) is 0.289. The van der Waals surface area contributed by atoms with Crippen molar-refractivity contribution in [1.82, 2.24) is 0 Å². The highest BCUT2D eigenvalue weighted by Crippen LogP contribution is 2.06. The monoisotopic (exact) mass is 176 g/mol. The topological polar surface area (TPSA) is 22.9 Å². The Morgan fingerprint density at radius 1 is 1.09 bits per heavy atom. The van der Waals surface area contributed by atoms with Gasteiger partial charge in [-0.05, 0) is 0 Å². The molecular formula is C5H13BF4O. The van der Waals surface area contributed by atoms with Crippen LogP contribution in [0.4, 0.5) is 17.3 Å². The minimum Gasteiger partial charge on any atom is -0.443 e. The summed E-state index contributed by atoms with van der Waals surface area (Å²) in [5.74, 6) is 0. The van der Waals surface area contributed by atoms with Gasteiger partial charge in [0.05, 0.1) is 0 Å². The molecule has 0 heterocycles. The zero-order valence-electron chi connectivity index (χ0n) is 6.58. The predicted octanol–water partition coefficient (Wildman–Crippen LogP) is 2.20. The predicted molar refractivity (Wildman–Crippen MR) is 38.2 cm³/mol. The number of hydrogen-bond acceptors (Lipinski definition) is 0. The van der Waals surface area contributed by atoms with E-state index in [1.54, 1.807) is 0 Å². The summed E-state index contributed by atoms with van der Waals surface area (Å²) in [4.78, 5) is 0. The van der Waals surface area contributed by atoms with Crippen molar-refractivity contribution in [2.45, 2.75) is 32.8 Å². The lowest BCUT2D eigenvalue weighted by Gasteiger charge is -1.94. The molecule has 0 spiro atoms. The summed E-state index contributed by atoms with van der Waals surface area (Å²) < 4.78 is 39.0. The van der Waals surface area contributed by atoms with E-state index in [0.29, 0.717) is 0 Å². The van der Waals surface area contributed by atoms with E-state index in [-0.39, 0.29) is 6.10 Å². The van der Waals surface area contributed by atoms with Crippen LogP contribution in [0.3, 0.4) is 0 Å². The number of halogens is 4. The molecule has 0 atom stereocenters. The second-order valence-electron chi connectivity index (χ2n) is 2.01. The number of rotatable bonds is 2. The van der Waals surface area contributed by atoms with Crippen molar-refractivity contribution in [1.29, 1.82) is 0 Å². The van der Waals surface area contributed by atoms with Crippen LogP contribution in [-0.4, -0.2) is 18.5 Å². The van der Waals surface area contributed by atoms with Gasteiger partial charge in [-0.1, -0.05) is 13.8 Å². The van der Waals surface area contributed by atoms with Gasteiger partial charge in [0.15, 0.2) is 6.10 Å². The molecule has 70 valence electrons. The summed E-state index contributed by atoms with van der Waals surface area (Å²) >= 11 is 0. The van der Waals surface area contributed by atoms with Gasteiger partial charge in [0.25, 0.3) is 0 Å². The molecule has 0 amide bonds. The van der Waals surface area contributed by atoms with Crippen molar-refractivity contribution in [3.8, 4) is 0 Å². The molecule has 0 saturated heterocycles. The molecule has 0 aliphatic rings. The summed E-state index contributed by atoms with van der Waals surface area (Å²) in [5, 5.41) is 7.07. The average molecular weight is 176 g/mol. The first-order valence-corrected chi connectivity index (χ1v) is 3.39. The molecule has 0 rings (SSSR count). The van der Waals surface area contributed by atoms with Crippen LogP contribution < -0.4 is 0 Å². The van der Waals surface area contributed by atoms with Crippen molar-refractivity contribution >= 4 is 7.25 Å². The van der Waals surface area contributed by atoms with Gasteiger partial charge in [-0.2, -0.15) is 0 Å². The first-order valence-electron chi connectivity index (χ1n) is 3.39. The molecule has 0 aromatic carbocycles. The standard InChI is InChI=1S/C5H12O.BF4/c1-3-5(6)4-2;2-1(3,4)5/h5-6H,3-4H2,1-2H3;/q;-1/p+1. The Morgan fingerprint density at radius 3 is 1.27 bits per heavy atom. The molecule has 0 unspecified atom stereocenters. The maximum atomic E-state index is 9.75. The van der Waals surface area contributed by atoms with Crippen LogP contribution in [0.25, 0.3) is 0 Å². The van der Waals surface area contributed by atoms with Gasteiger partial charge in [-0.3, -0.25) is 0 Å². The van der Waals surface area contributed by atoms with E-state index < -0.39 is 7.25 Å². The summed E-state index contributed by atoms with van der Waals surface area (Å²) in [6.07, 6.45) is 2.18. The highest BCUT2D eigenvalue weighted by molar-refractivity contribution is 6.50. The average Bonchev–Trinajstić information content (AvgIpc) is 1.83. The second-order valence-corrected chi connectivity index (χ2v) is 2.01. The van der Waals surface area contributed by atoms with E-state index in [2.05, 4.69) is 0 Å². The lowest BCUT2D eigenvalue weighted by Crippen LogP contribution is -2.02. The van der Waals surface area contributed by atoms with Crippen molar-refractivity contribution in [3.63, 3.8) is 0 Å². The minimum atomic E-state index is -6.00. The van der Waals surface area contributed by atoms with Gasteiger partial charge in [0.1, 0.15) is 0 Å². The third kappa shape index (κ3) is 41.7. The maximum Gasteiger partial charge on any atom is 0.673 e. The Morgan fingerprint density at radius 2 is 1.27 bits per heavy atom. The first-order chi connectivity index (χ1) is 4.81. The van der Waals surface area contributed by atoms with Crippen LogP contribution in [0.2, 0.25) is 0 Å². The molecule has 2 N–H and O–H groups in total. The third-order valence-electron chi connectivity index (χ3n) is 0.986. The normalized spacial score (nSPS) is 10.9. The summed E-state index contributed by atoms with van der Waals surface area (Å²) in [5.41, 5.74) is 0. The fourth-order valence-corrected chi connectivity index (χ4v) is 0.289. The van der Waals surface area contributed by atoms with Gasteiger partial charge in [-0.25, -0.2) is 0 Å². The minimum absolute atomic E-state index is 0.185. The van der Waals surface area contributed by atoms with E-state index in [1.807, 2.05) is 13.8 Å². The van der Waals surface area contributed by atoms with E-state index in [0.717, 1.165) is 12.8 Å². The Kier molecular flexibility index (Phi) is 7.83. The van der Waals surface area contributed by atoms with Crippen molar-refractivity contribution in [2.24, 2.45) is 0 Å². The fraction of sp³-hybridized carbons (Fsp3) is 1.00. The molecule has 1 nitrogen and oxygen atoms in total. The van der Waals surface area contributed by atoms with Gasteiger partial charge in [0.2, 0.25) is 0 Å². The molecule has 0 fully saturated rings. The molecule has 0 saturated carbocycles. The highest BCUT2D eigenvalue weighted by atomic mass is 19.5. The second kappa shape index (κ2) is 6.45. The molecule has 0 bridgehead atoms. The van der Waals surface area contributed by atoms with Crippen molar-refractivity contribution in [3.05, 3.63) is 0 Å². The molecule has 0 aliphatic heterocycles. The van der Waals surface area contributed by atoms with Crippen LogP contribution in [0.15, 0.2) is 0 Å². The molecular weight excluding hydrogens is 163 g/mol. The van der Waals surface area contributed by atoms with Crippen LogP contribution >= 0.6 is 0 Å². The van der Waals surface area contributed by atoms with Gasteiger partial charge in [0, 0.05) is 12.8 Å². The quantitative estimate of drug-likeness (QED) is 0.349. The maximum absolute atomic E-state index is 9.75. The lowest BCUT2D eigenvalue weighted by molar-refractivity contribution is 0.166. The first kappa shape index (κ1) is 13.3. The molecule has 0 aromatic rings. The third-order valence-corrected chi connectivity index (χ3v) is 0.986. The molecule has 0 aliphatic carbocycles. The lowest BCUT2D eigenvalue weighted by atomic mass is 10.2. The van der Waals surface area contributed by atoms with Crippen LogP contribution in [-0.2, 0) is 0 Å². The highest BCUT2D eigenvalue weighted by Gasteiger charge is 2.20. The summed E-state index contributed by atoms with van der Waals surface area (Å²) in [6.45, 7) is 4.09. The van der Waals surface area contributed by atoms with Gasteiger partial charge < -0.3 is 22.4 Å². The largest absolute Gasteiger partial charge is 0.673 e. The zero-order chi connectivity index (χ0) is 9.49. The van der Waals surface area contributed by atoms with Gasteiger partial charge in [-0.15, -0.1) is 0 Å². The van der Waals surface area contributed by atoms with Gasteiger partial charge >= 0.3 is 7.25 Å². The SMILES string of the molecule is CCC([OH2+])CC.F[B-](F)(F)F. The summed E-state index contributed by atoms with van der Waals surface area (Å²) in [7, 11) is -6.00. The molecule has 0 radical (unpaired) electrons. The smallest absolute Gasteiger partial charge is 0.443 e. The molecule has 0 aromatic heterocycles. The Hall–Kier alpha value is -0.255. The molecule has 11 heavy (non-hydrogen) atoms. The van der Waals surface area contributed by atoms with E-state index in [9.17, 15) is 17.3 Å². The Bertz CT molecular complexity index is 75.0. The van der Waals surface area contributed by atoms with Crippen LogP contribution in [0, 0.1) is 0 Å².